The van der Waals surface area contributed by atoms with Crippen molar-refractivity contribution in [2.24, 2.45) is 0 Å². The second kappa shape index (κ2) is 5.90. The lowest BCUT2D eigenvalue weighted by Gasteiger charge is -2.10. The number of amides is 1. The van der Waals surface area contributed by atoms with Gasteiger partial charge in [0.05, 0.1) is 0 Å². The van der Waals surface area contributed by atoms with E-state index in [1.807, 2.05) is 0 Å². The van der Waals surface area contributed by atoms with Crippen molar-refractivity contribution >= 4 is 17.5 Å². The van der Waals surface area contributed by atoms with E-state index < -0.39 is 0 Å². The highest BCUT2D eigenvalue weighted by molar-refractivity contribution is 6.18. The molecule has 0 saturated heterocycles. The van der Waals surface area contributed by atoms with E-state index in [-0.39, 0.29) is 5.91 Å². The molecule has 2 nitrogen and oxygen atoms in total. The smallest absolute Gasteiger partial charge is 0.221 e. The predicted octanol–water partition coefficient (Wildman–Crippen LogP) is 2.86. The Kier molecular flexibility index (Phi) is 4.81. The highest BCUT2D eigenvalue weighted by Gasteiger charge is 2.04. The number of benzene rings is 1. The van der Waals surface area contributed by atoms with Crippen LogP contribution in [0.15, 0.2) is 12.1 Å². The average Bonchev–Trinajstić information content (AvgIpc) is 2.22. The zero-order valence-electron chi connectivity index (χ0n) is 10.1. The Hall–Kier alpha value is -1.02. The van der Waals surface area contributed by atoms with Gasteiger partial charge >= 0.3 is 0 Å². The molecule has 1 aromatic carbocycles. The lowest BCUT2D eigenvalue weighted by atomic mass is 10.0. The lowest BCUT2D eigenvalue weighted by Crippen LogP contribution is -2.23. The molecule has 3 heteroatoms. The van der Waals surface area contributed by atoms with Crippen molar-refractivity contribution in [3.8, 4) is 0 Å². The second-order valence-corrected chi connectivity index (χ2v) is 4.46. The molecule has 0 bridgehead atoms. The van der Waals surface area contributed by atoms with Crippen LogP contribution in [0.5, 0.6) is 0 Å². The Labute approximate surface area is 102 Å². The number of hydrogen-bond acceptors (Lipinski definition) is 1. The monoisotopic (exact) mass is 239 g/mol. The summed E-state index contributed by atoms with van der Waals surface area (Å²) in [6.07, 6.45) is 0.380. The van der Waals surface area contributed by atoms with E-state index in [1.54, 1.807) is 0 Å². The Balaban J connectivity index is 2.67. The number of rotatable bonds is 4. The molecule has 1 amide bonds. The number of alkyl halides is 1. The fraction of sp³-hybridized carbons (Fsp3) is 0.462. The maximum Gasteiger partial charge on any atom is 0.221 e. The van der Waals surface area contributed by atoms with Gasteiger partial charge in [0.25, 0.3) is 0 Å². The maximum absolute atomic E-state index is 11.3. The fourth-order valence-electron chi connectivity index (χ4n) is 1.58. The second-order valence-electron chi connectivity index (χ2n) is 4.08. The molecule has 88 valence electrons. The van der Waals surface area contributed by atoms with E-state index >= 15 is 0 Å². The normalized spacial score (nSPS) is 10.2. The van der Waals surface area contributed by atoms with E-state index in [0.717, 1.165) is 0 Å². The summed E-state index contributed by atoms with van der Waals surface area (Å²) in [6.45, 7) is 6.83. The summed E-state index contributed by atoms with van der Waals surface area (Å²) in [5.74, 6) is 0.380. The SMILES string of the molecule is Cc1cc(C)c(CNC(=O)CCCl)cc1C. The zero-order valence-corrected chi connectivity index (χ0v) is 10.8. The van der Waals surface area contributed by atoms with Gasteiger partial charge in [0, 0.05) is 18.8 Å². The van der Waals surface area contributed by atoms with Crippen molar-refractivity contribution in [2.75, 3.05) is 5.88 Å². The van der Waals surface area contributed by atoms with Crippen LogP contribution in [-0.2, 0) is 11.3 Å². The summed E-state index contributed by atoms with van der Waals surface area (Å²) in [4.78, 5) is 11.3. The minimum Gasteiger partial charge on any atom is -0.352 e. The molecule has 0 spiro atoms. The first-order valence-electron chi connectivity index (χ1n) is 5.44. The largest absolute Gasteiger partial charge is 0.352 e. The number of nitrogens with one attached hydrogen (secondary N) is 1. The van der Waals surface area contributed by atoms with Crippen LogP contribution in [0, 0.1) is 20.8 Å². The number of halogens is 1. The summed E-state index contributed by atoms with van der Waals surface area (Å²) < 4.78 is 0. The molecule has 0 aliphatic carbocycles. The Bertz CT molecular complexity index is 388. The van der Waals surface area contributed by atoms with Crippen LogP contribution in [0.1, 0.15) is 28.7 Å². The summed E-state index contributed by atoms with van der Waals surface area (Å²) >= 11 is 5.49. The van der Waals surface area contributed by atoms with Gasteiger partial charge < -0.3 is 5.32 Å². The Morgan fingerprint density at radius 1 is 1.19 bits per heavy atom. The van der Waals surface area contributed by atoms with Crippen molar-refractivity contribution < 1.29 is 4.79 Å². The minimum atomic E-state index is 0.00706. The Morgan fingerprint density at radius 3 is 2.44 bits per heavy atom. The molecule has 0 heterocycles. The molecule has 0 aliphatic heterocycles. The van der Waals surface area contributed by atoms with Gasteiger partial charge in [-0.05, 0) is 43.0 Å². The molecule has 0 radical (unpaired) electrons. The maximum atomic E-state index is 11.3. The van der Waals surface area contributed by atoms with Crippen molar-refractivity contribution in [3.05, 3.63) is 34.4 Å². The molecular formula is C13H18ClNO. The molecule has 0 aliphatic rings. The van der Waals surface area contributed by atoms with Gasteiger partial charge in [0.1, 0.15) is 0 Å². The molecule has 0 fully saturated rings. The van der Waals surface area contributed by atoms with Crippen LogP contribution in [-0.4, -0.2) is 11.8 Å². The summed E-state index contributed by atoms with van der Waals surface area (Å²) in [6, 6.07) is 4.28. The highest BCUT2D eigenvalue weighted by atomic mass is 35.5. The van der Waals surface area contributed by atoms with Gasteiger partial charge in [-0.25, -0.2) is 0 Å². The predicted molar refractivity (Wildman–Crippen MR) is 67.8 cm³/mol. The van der Waals surface area contributed by atoms with Gasteiger partial charge in [-0.3, -0.25) is 4.79 Å². The molecule has 16 heavy (non-hydrogen) atoms. The van der Waals surface area contributed by atoms with Crippen LogP contribution >= 0.6 is 11.6 Å². The van der Waals surface area contributed by atoms with Gasteiger partial charge in [-0.1, -0.05) is 12.1 Å². The van der Waals surface area contributed by atoms with E-state index in [0.29, 0.717) is 18.8 Å². The molecule has 0 aromatic heterocycles. The third-order valence-corrected chi connectivity index (χ3v) is 2.94. The van der Waals surface area contributed by atoms with Gasteiger partial charge in [0.2, 0.25) is 5.91 Å². The highest BCUT2D eigenvalue weighted by Crippen LogP contribution is 2.15. The third kappa shape index (κ3) is 3.53. The van der Waals surface area contributed by atoms with E-state index in [4.69, 9.17) is 11.6 Å². The third-order valence-electron chi connectivity index (χ3n) is 2.75. The van der Waals surface area contributed by atoms with Gasteiger partial charge in [0.15, 0.2) is 0 Å². The zero-order chi connectivity index (χ0) is 12.1. The molecule has 1 rings (SSSR count). The minimum absolute atomic E-state index is 0.00706. The van der Waals surface area contributed by atoms with Gasteiger partial charge in [-0.15, -0.1) is 11.6 Å². The van der Waals surface area contributed by atoms with Crippen LogP contribution < -0.4 is 5.32 Å². The summed E-state index contributed by atoms with van der Waals surface area (Å²) in [7, 11) is 0. The molecular weight excluding hydrogens is 222 g/mol. The van der Waals surface area contributed by atoms with Crippen LogP contribution in [0.25, 0.3) is 0 Å². The van der Waals surface area contributed by atoms with Crippen molar-refractivity contribution in [3.63, 3.8) is 0 Å². The van der Waals surface area contributed by atoms with Crippen molar-refractivity contribution in [1.29, 1.82) is 0 Å². The number of aryl methyl sites for hydroxylation is 3. The van der Waals surface area contributed by atoms with Crippen molar-refractivity contribution in [2.45, 2.75) is 33.7 Å². The van der Waals surface area contributed by atoms with E-state index in [2.05, 4.69) is 38.2 Å². The Morgan fingerprint density at radius 2 is 1.81 bits per heavy atom. The van der Waals surface area contributed by atoms with E-state index in [9.17, 15) is 4.79 Å². The van der Waals surface area contributed by atoms with E-state index in [1.165, 1.54) is 22.3 Å². The molecule has 1 N–H and O–H groups in total. The molecule has 0 saturated carbocycles. The summed E-state index contributed by atoms with van der Waals surface area (Å²) in [5, 5.41) is 2.86. The van der Waals surface area contributed by atoms with Crippen LogP contribution in [0.2, 0.25) is 0 Å². The molecule has 0 unspecified atom stereocenters. The van der Waals surface area contributed by atoms with Crippen LogP contribution in [0.4, 0.5) is 0 Å². The van der Waals surface area contributed by atoms with Gasteiger partial charge in [-0.2, -0.15) is 0 Å². The van der Waals surface area contributed by atoms with Crippen LogP contribution in [0.3, 0.4) is 0 Å². The first-order chi connectivity index (χ1) is 7.54. The topological polar surface area (TPSA) is 29.1 Å². The first kappa shape index (κ1) is 13.0. The quantitative estimate of drug-likeness (QED) is 0.805. The first-order valence-corrected chi connectivity index (χ1v) is 5.97. The fourth-order valence-corrected chi connectivity index (χ4v) is 1.75. The number of carbonyl (C=O) groups excluding carboxylic acids is 1. The standard InChI is InChI=1S/C13H18ClNO/c1-9-6-11(3)12(7-10(9)2)8-15-13(16)4-5-14/h6-7H,4-5,8H2,1-3H3,(H,15,16). The molecule has 1 aromatic rings. The van der Waals surface area contributed by atoms with Crippen molar-refractivity contribution in [1.82, 2.24) is 5.32 Å². The molecule has 0 atom stereocenters. The summed E-state index contributed by atoms with van der Waals surface area (Å²) in [5.41, 5.74) is 4.93. The average molecular weight is 240 g/mol. The number of hydrogen-bond donors (Lipinski definition) is 1. The lowest BCUT2D eigenvalue weighted by molar-refractivity contribution is -0.120. The number of carbonyl (C=O) groups is 1.